The minimum absolute atomic E-state index is 0.0181. The van der Waals surface area contributed by atoms with Crippen LogP contribution in [0.4, 0.5) is 15.8 Å². The second-order valence-electron chi connectivity index (χ2n) is 6.79. The summed E-state index contributed by atoms with van der Waals surface area (Å²) in [5.74, 6) is -0.524. The van der Waals surface area contributed by atoms with E-state index in [0.29, 0.717) is 16.4 Å². The second kappa shape index (κ2) is 7.52. The van der Waals surface area contributed by atoms with Crippen LogP contribution in [0.1, 0.15) is 28.9 Å². The normalized spacial score (nSPS) is 13.2. The fourth-order valence-electron chi connectivity index (χ4n) is 2.71. The highest BCUT2D eigenvalue weighted by molar-refractivity contribution is 7.13. The summed E-state index contributed by atoms with van der Waals surface area (Å²) in [6.45, 7) is 1.88. The first kappa shape index (κ1) is 18.3. The van der Waals surface area contributed by atoms with Crippen LogP contribution in [0.3, 0.4) is 0 Å². The van der Waals surface area contributed by atoms with Gasteiger partial charge in [0.05, 0.1) is 0 Å². The van der Waals surface area contributed by atoms with Crippen molar-refractivity contribution in [3.8, 4) is 10.6 Å². The fraction of sp³-hybridized carbons (Fsp3) is 0.190. The molecule has 4 rings (SSSR count). The van der Waals surface area contributed by atoms with E-state index in [9.17, 15) is 14.0 Å². The van der Waals surface area contributed by atoms with Gasteiger partial charge in [-0.25, -0.2) is 9.37 Å². The van der Waals surface area contributed by atoms with Crippen molar-refractivity contribution in [1.29, 1.82) is 0 Å². The molecule has 0 atom stereocenters. The predicted molar refractivity (Wildman–Crippen MR) is 108 cm³/mol. The van der Waals surface area contributed by atoms with Crippen LogP contribution in [0.15, 0.2) is 47.8 Å². The molecule has 1 fully saturated rings. The molecule has 5 nitrogen and oxygen atoms in total. The maximum Gasteiger partial charge on any atom is 0.275 e. The summed E-state index contributed by atoms with van der Waals surface area (Å²) in [5, 5.41) is 8.05. The van der Waals surface area contributed by atoms with Crippen molar-refractivity contribution in [3.63, 3.8) is 0 Å². The number of halogens is 1. The Kier molecular flexibility index (Phi) is 4.92. The van der Waals surface area contributed by atoms with Crippen molar-refractivity contribution >= 4 is 34.5 Å². The number of anilines is 2. The van der Waals surface area contributed by atoms with Gasteiger partial charge in [0, 0.05) is 28.2 Å². The highest BCUT2D eigenvalue weighted by Gasteiger charge is 2.29. The topological polar surface area (TPSA) is 71.1 Å². The zero-order chi connectivity index (χ0) is 19.7. The molecule has 2 amide bonds. The molecule has 0 unspecified atom stereocenters. The standard InChI is InChI=1S/C21H18FN3O2S/c1-12-2-9-16(23-19(26)13-3-4-13)10-17(12)24-20(27)18-11-28-21(25-18)14-5-7-15(22)8-6-14/h2,5-11,13H,3-4H2,1H3,(H,23,26)(H,24,27). The van der Waals surface area contributed by atoms with Gasteiger partial charge in [0.15, 0.2) is 0 Å². The van der Waals surface area contributed by atoms with Crippen LogP contribution in [-0.2, 0) is 4.79 Å². The van der Waals surface area contributed by atoms with Gasteiger partial charge in [-0.3, -0.25) is 9.59 Å². The Bertz CT molecular complexity index is 1040. The van der Waals surface area contributed by atoms with E-state index in [4.69, 9.17) is 0 Å². The van der Waals surface area contributed by atoms with Gasteiger partial charge < -0.3 is 10.6 Å². The molecule has 1 aliphatic rings. The lowest BCUT2D eigenvalue weighted by molar-refractivity contribution is -0.117. The van der Waals surface area contributed by atoms with Crippen LogP contribution in [-0.4, -0.2) is 16.8 Å². The number of aromatic nitrogens is 1. The highest BCUT2D eigenvalue weighted by Crippen LogP contribution is 2.31. The molecule has 3 aromatic rings. The number of carbonyl (C=O) groups is 2. The summed E-state index contributed by atoms with van der Waals surface area (Å²) in [6, 6.07) is 11.4. The summed E-state index contributed by atoms with van der Waals surface area (Å²) >= 11 is 1.32. The third-order valence-electron chi connectivity index (χ3n) is 4.53. The van der Waals surface area contributed by atoms with E-state index < -0.39 is 0 Å². The number of hydrogen-bond acceptors (Lipinski definition) is 4. The molecule has 142 valence electrons. The highest BCUT2D eigenvalue weighted by atomic mass is 32.1. The summed E-state index contributed by atoms with van der Waals surface area (Å²) in [6.07, 6.45) is 1.86. The molecule has 2 aromatic carbocycles. The van der Waals surface area contributed by atoms with E-state index in [1.807, 2.05) is 19.1 Å². The number of nitrogens with one attached hydrogen (secondary N) is 2. The molecule has 1 heterocycles. The largest absolute Gasteiger partial charge is 0.326 e. The Hall–Kier alpha value is -3.06. The number of hydrogen-bond donors (Lipinski definition) is 2. The molecule has 0 radical (unpaired) electrons. The number of aryl methyl sites for hydroxylation is 1. The van der Waals surface area contributed by atoms with E-state index in [1.165, 1.54) is 23.5 Å². The number of thiazole rings is 1. The SMILES string of the molecule is Cc1ccc(NC(=O)C2CC2)cc1NC(=O)c1csc(-c2ccc(F)cc2)n1. The van der Waals surface area contributed by atoms with Crippen molar-refractivity contribution in [2.75, 3.05) is 10.6 Å². The van der Waals surface area contributed by atoms with Crippen LogP contribution < -0.4 is 10.6 Å². The third-order valence-corrected chi connectivity index (χ3v) is 5.42. The maximum atomic E-state index is 13.1. The molecule has 0 spiro atoms. The maximum absolute atomic E-state index is 13.1. The van der Waals surface area contributed by atoms with Crippen molar-refractivity contribution in [2.45, 2.75) is 19.8 Å². The Morgan fingerprint density at radius 2 is 1.86 bits per heavy atom. The smallest absolute Gasteiger partial charge is 0.275 e. The Labute approximate surface area is 165 Å². The minimum atomic E-state index is -0.335. The minimum Gasteiger partial charge on any atom is -0.326 e. The molecule has 7 heteroatoms. The number of benzene rings is 2. The van der Waals surface area contributed by atoms with E-state index in [-0.39, 0.29) is 29.2 Å². The predicted octanol–water partition coefficient (Wildman–Crippen LogP) is 4.86. The summed E-state index contributed by atoms with van der Waals surface area (Å²) < 4.78 is 13.1. The van der Waals surface area contributed by atoms with Crippen molar-refractivity contribution in [1.82, 2.24) is 4.98 Å². The van der Waals surface area contributed by atoms with E-state index in [2.05, 4.69) is 15.6 Å². The van der Waals surface area contributed by atoms with E-state index in [1.54, 1.807) is 23.6 Å². The molecule has 1 saturated carbocycles. The Balaban J connectivity index is 1.48. The number of amides is 2. The van der Waals surface area contributed by atoms with Crippen molar-refractivity contribution < 1.29 is 14.0 Å². The van der Waals surface area contributed by atoms with Crippen LogP contribution in [0, 0.1) is 18.7 Å². The molecule has 2 N–H and O–H groups in total. The third kappa shape index (κ3) is 4.09. The number of rotatable bonds is 5. The fourth-order valence-corrected chi connectivity index (χ4v) is 3.52. The van der Waals surface area contributed by atoms with E-state index in [0.717, 1.165) is 24.0 Å². The molecular weight excluding hydrogens is 377 g/mol. The number of nitrogens with zero attached hydrogens (tertiary/aromatic N) is 1. The molecule has 1 aliphatic carbocycles. The average molecular weight is 395 g/mol. The zero-order valence-electron chi connectivity index (χ0n) is 15.2. The van der Waals surface area contributed by atoms with Crippen LogP contribution in [0.5, 0.6) is 0 Å². The lowest BCUT2D eigenvalue weighted by Crippen LogP contribution is -2.15. The molecule has 1 aromatic heterocycles. The monoisotopic (exact) mass is 395 g/mol. The van der Waals surface area contributed by atoms with Crippen molar-refractivity contribution in [3.05, 3.63) is 64.9 Å². The van der Waals surface area contributed by atoms with Crippen LogP contribution in [0.2, 0.25) is 0 Å². The van der Waals surface area contributed by atoms with Gasteiger partial charge in [-0.2, -0.15) is 0 Å². The van der Waals surface area contributed by atoms with Gasteiger partial charge in [0.1, 0.15) is 16.5 Å². The average Bonchev–Trinajstić information content (AvgIpc) is 3.42. The van der Waals surface area contributed by atoms with Gasteiger partial charge in [-0.05, 0) is 61.7 Å². The molecule has 0 aliphatic heterocycles. The first-order chi connectivity index (χ1) is 13.5. The van der Waals surface area contributed by atoms with Gasteiger partial charge >= 0.3 is 0 Å². The Morgan fingerprint density at radius 3 is 2.57 bits per heavy atom. The lowest BCUT2D eigenvalue weighted by Gasteiger charge is -2.11. The Morgan fingerprint density at radius 1 is 1.11 bits per heavy atom. The van der Waals surface area contributed by atoms with Gasteiger partial charge in [0.2, 0.25) is 5.91 Å². The van der Waals surface area contributed by atoms with Crippen LogP contribution in [0.25, 0.3) is 10.6 Å². The number of carbonyl (C=O) groups excluding carboxylic acids is 2. The lowest BCUT2D eigenvalue weighted by atomic mass is 10.1. The first-order valence-electron chi connectivity index (χ1n) is 8.94. The van der Waals surface area contributed by atoms with Crippen LogP contribution >= 0.6 is 11.3 Å². The quantitative estimate of drug-likeness (QED) is 0.648. The zero-order valence-corrected chi connectivity index (χ0v) is 16.0. The molecule has 0 saturated heterocycles. The summed E-state index contributed by atoms with van der Waals surface area (Å²) in [7, 11) is 0. The molecular formula is C21H18FN3O2S. The van der Waals surface area contributed by atoms with Gasteiger partial charge in [0.25, 0.3) is 5.91 Å². The summed E-state index contributed by atoms with van der Waals surface area (Å²) in [5.41, 5.74) is 3.20. The first-order valence-corrected chi connectivity index (χ1v) is 9.82. The van der Waals surface area contributed by atoms with Gasteiger partial charge in [-0.1, -0.05) is 6.07 Å². The van der Waals surface area contributed by atoms with E-state index >= 15 is 0 Å². The molecule has 0 bridgehead atoms. The van der Waals surface area contributed by atoms with Gasteiger partial charge in [-0.15, -0.1) is 11.3 Å². The van der Waals surface area contributed by atoms with Crippen molar-refractivity contribution in [2.24, 2.45) is 5.92 Å². The summed E-state index contributed by atoms with van der Waals surface area (Å²) in [4.78, 5) is 28.9. The molecule has 28 heavy (non-hydrogen) atoms. The second-order valence-corrected chi connectivity index (χ2v) is 7.65.